The van der Waals surface area contributed by atoms with E-state index in [1.165, 1.54) is 0 Å². The molecule has 4 rings (SSSR count). The van der Waals surface area contributed by atoms with Crippen LogP contribution in [0.15, 0.2) is 36.5 Å². The maximum atomic E-state index is 13.1. The number of aliphatic hydroxyl groups excluding tert-OH is 1. The van der Waals surface area contributed by atoms with Crippen LogP contribution in [0.2, 0.25) is 0 Å². The van der Waals surface area contributed by atoms with Crippen molar-refractivity contribution in [3.05, 3.63) is 53.3 Å². The number of anilines is 1. The van der Waals surface area contributed by atoms with E-state index in [2.05, 4.69) is 20.6 Å². The normalized spacial score (nSPS) is 22.4. The SMILES string of the molecule is C[C@@H](NC(=O)N1Cc2nc(NC3CCOCC3)ncc2C1(C)CO)c1ccccc1. The minimum atomic E-state index is -0.868. The van der Waals surface area contributed by atoms with E-state index in [0.29, 0.717) is 12.5 Å². The Balaban J connectivity index is 1.50. The summed E-state index contributed by atoms with van der Waals surface area (Å²) >= 11 is 0. The standard InChI is InChI=1S/C22H29N5O3/c1-15(16-6-4-3-5-7-16)24-21(29)27-13-19-18(22(27,2)14-28)12-23-20(26-19)25-17-8-10-30-11-9-17/h3-7,12,15,17,28H,8-11,13-14H2,1-2H3,(H,24,29)(H,23,25,26)/t15-,22?/m1/s1. The van der Waals surface area contributed by atoms with E-state index in [4.69, 9.17) is 4.74 Å². The van der Waals surface area contributed by atoms with Crippen molar-refractivity contribution >= 4 is 12.0 Å². The van der Waals surface area contributed by atoms with Crippen LogP contribution in [0.3, 0.4) is 0 Å². The molecule has 1 aromatic carbocycles. The third-order valence-corrected chi connectivity index (χ3v) is 6.10. The number of amides is 2. The van der Waals surface area contributed by atoms with Crippen LogP contribution in [-0.4, -0.2) is 51.9 Å². The fourth-order valence-corrected chi connectivity index (χ4v) is 4.11. The lowest BCUT2D eigenvalue weighted by Crippen LogP contribution is -2.50. The van der Waals surface area contributed by atoms with Gasteiger partial charge in [0, 0.05) is 31.0 Å². The summed E-state index contributed by atoms with van der Waals surface area (Å²) in [5, 5.41) is 16.6. The summed E-state index contributed by atoms with van der Waals surface area (Å²) in [7, 11) is 0. The van der Waals surface area contributed by atoms with E-state index in [1.54, 1.807) is 11.1 Å². The van der Waals surface area contributed by atoms with Gasteiger partial charge in [-0.05, 0) is 32.3 Å². The molecule has 2 aromatic rings. The Morgan fingerprint density at radius 1 is 1.33 bits per heavy atom. The number of nitrogens with zero attached hydrogens (tertiary/aromatic N) is 3. The Labute approximate surface area is 176 Å². The Bertz CT molecular complexity index is 888. The highest BCUT2D eigenvalue weighted by Gasteiger charge is 2.45. The Morgan fingerprint density at radius 2 is 2.07 bits per heavy atom. The number of hydrogen-bond donors (Lipinski definition) is 3. The van der Waals surface area contributed by atoms with Crippen LogP contribution < -0.4 is 10.6 Å². The highest BCUT2D eigenvalue weighted by Crippen LogP contribution is 2.38. The van der Waals surface area contributed by atoms with Gasteiger partial charge in [-0.25, -0.2) is 14.8 Å². The van der Waals surface area contributed by atoms with Gasteiger partial charge in [-0.2, -0.15) is 0 Å². The Hall–Kier alpha value is -2.71. The molecule has 30 heavy (non-hydrogen) atoms. The second kappa shape index (κ2) is 8.57. The summed E-state index contributed by atoms with van der Waals surface area (Å²) in [6.07, 6.45) is 3.57. The minimum absolute atomic E-state index is 0.151. The molecule has 0 radical (unpaired) electrons. The number of urea groups is 1. The van der Waals surface area contributed by atoms with Gasteiger partial charge in [-0.15, -0.1) is 0 Å². The molecule has 2 aliphatic rings. The summed E-state index contributed by atoms with van der Waals surface area (Å²) in [6.45, 7) is 5.38. The Morgan fingerprint density at radius 3 is 2.77 bits per heavy atom. The van der Waals surface area contributed by atoms with Gasteiger partial charge in [0.25, 0.3) is 0 Å². The molecule has 1 fully saturated rings. The molecule has 1 saturated heterocycles. The van der Waals surface area contributed by atoms with E-state index in [-0.39, 0.29) is 24.7 Å². The molecule has 1 unspecified atom stereocenters. The third-order valence-electron chi connectivity index (χ3n) is 6.10. The minimum Gasteiger partial charge on any atom is -0.394 e. The number of ether oxygens (including phenoxy) is 1. The van der Waals surface area contributed by atoms with E-state index >= 15 is 0 Å². The van der Waals surface area contributed by atoms with Gasteiger partial charge in [0.05, 0.1) is 30.4 Å². The first kappa shape index (κ1) is 20.6. The zero-order valence-corrected chi connectivity index (χ0v) is 17.5. The number of rotatable bonds is 5. The highest BCUT2D eigenvalue weighted by molar-refractivity contribution is 5.77. The van der Waals surface area contributed by atoms with Crippen molar-refractivity contribution in [1.82, 2.24) is 20.2 Å². The summed E-state index contributed by atoms with van der Waals surface area (Å²) in [4.78, 5) is 23.9. The van der Waals surface area contributed by atoms with Crippen LogP contribution in [0, 0.1) is 0 Å². The molecule has 3 heterocycles. The number of aromatic nitrogens is 2. The van der Waals surface area contributed by atoms with Gasteiger partial charge in [-0.1, -0.05) is 30.3 Å². The van der Waals surface area contributed by atoms with E-state index in [1.807, 2.05) is 44.2 Å². The predicted octanol–water partition coefficient (Wildman–Crippen LogP) is 2.56. The summed E-state index contributed by atoms with van der Waals surface area (Å²) in [5.74, 6) is 0.556. The largest absolute Gasteiger partial charge is 0.394 e. The molecular formula is C22H29N5O3. The number of nitrogens with one attached hydrogen (secondary N) is 2. The number of fused-ring (bicyclic) bond motifs is 1. The first-order valence-electron chi connectivity index (χ1n) is 10.5. The molecule has 160 valence electrons. The second-order valence-corrected chi connectivity index (χ2v) is 8.18. The van der Waals surface area contributed by atoms with Crippen LogP contribution in [0.1, 0.15) is 49.6 Å². The van der Waals surface area contributed by atoms with Crippen molar-refractivity contribution in [2.45, 2.75) is 50.9 Å². The van der Waals surface area contributed by atoms with Crippen LogP contribution in [0.5, 0.6) is 0 Å². The quantitative estimate of drug-likeness (QED) is 0.699. The average molecular weight is 412 g/mol. The fraction of sp³-hybridized carbons (Fsp3) is 0.500. The lowest BCUT2D eigenvalue weighted by molar-refractivity contribution is 0.0753. The first-order chi connectivity index (χ1) is 14.5. The van der Waals surface area contributed by atoms with Gasteiger partial charge >= 0.3 is 6.03 Å². The van der Waals surface area contributed by atoms with Crippen LogP contribution >= 0.6 is 0 Å². The lowest BCUT2D eigenvalue weighted by atomic mass is 9.96. The van der Waals surface area contributed by atoms with Crippen LogP contribution in [-0.2, 0) is 16.8 Å². The molecule has 8 nitrogen and oxygen atoms in total. The number of aliphatic hydroxyl groups is 1. The molecule has 0 saturated carbocycles. The predicted molar refractivity (Wildman–Crippen MR) is 113 cm³/mol. The van der Waals surface area contributed by atoms with Gasteiger partial charge in [0.15, 0.2) is 0 Å². The zero-order valence-electron chi connectivity index (χ0n) is 17.5. The van der Waals surface area contributed by atoms with Gasteiger partial charge in [0.2, 0.25) is 5.95 Å². The van der Waals surface area contributed by atoms with Gasteiger partial charge in [-0.3, -0.25) is 0 Å². The third kappa shape index (κ3) is 3.97. The van der Waals surface area contributed by atoms with E-state index in [9.17, 15) is 9.90 Å². The smallest absolute Gasteiger partial charge is 0.319 e. The van der Waals surface area contributed by atoms with Crippen molar-refractivity contribution in [3.8, 4) is 0 Å². The monoisotopic (exact) mass is 411 g/mol. The van der Waals surface area contributed by atoms with Crippen LogP contribution in [0.25, 0.3) is 0 Å². The topological polar surface area (TPSA) is 99.6 Å². The van der Waals surface area contributed by atoms with Crippen molar-refractivity contribution in [2.24, 2.45) is 0 Å². The lowest BCUT2D eigenvalue weighted by Gasteiger charge is -2.34. The summed E-state index contributed by atoms with van der Waals surface area (Å²) in [6, 6.07) is 9.70. The molecule has 1 aromatic heterocycles. The van der Waals surface area contributed by atoms with Gasteiger partial charge in [0.1, 0.15) is 0 Å². The molecule has 2 amide bonds. The summed E-state index contributed by atoms with van der Waals surface area (Å²) in [5.41, 5.74) is 1.70. The molecule has 2 atom stereocenters. The number of hydrogen-bond acceptors (Lipinski definition) is 6. The molecular weight excluding hydrogens is 382 g/mol. The molecule has 0 aliphatic carbocycles. The second-order valence-electron chi connectivity index (χ2n) is 8.18. The molecule has 8 heteroatoms. The highest BCUT2D eigenvalue weighted by atomic mass is 16.5. The number of carbonyl (C=O) groups excluding carboxylic acids is 1. The summed E-state index contributed by atoms with van der Waals surface area (Å²) < 4.78 is 5.40. The van der Waals surface area contributed by atoms with Crippen molar-refractivity contribution in [2.75, 3.05) is 25.1 Å². The zero-order chi connectivity index (χ0) is 21.1. The van der Waals surface area contributed by atoms with Crippen molar-refractivity contribution < 1.29 is 14.6 Å². The number of benzene rings is 1. The first-order valence-corrected chi connectivity index (χ1v) is 10.5. The van der Waals surface area contributed by atoms with Crippen LogP contribution in [0.4, 0.5) is 10.7 Å². The van der Waals surface area contributed by atoms with E-state index < -0.39 is 5.54 Å². The molecule has 2 aliphatic heterocycles. The molecule has 0 spiro atoms. The van der Waals surface area contributed by atoms with Gasteiger partial charge < -0.3 is 25.4 Å². The van der Waals surface area contributed by atoms with Crippen molar-refractivity contribution in [1.29, 1.82) is 0 Å². The Kier molecular flexibility index (Phi) is 5.87. The fourth-order valence-electron chi connectivity index (χ4n) is 4.11. The maximum absolute atomic E-state index is 13.1. The van der Waals surface area contributed by atoms with E-state index in [0.717, 1.165) is 42.9 Å². The number of carbonyl (C=O) groups is 1. The molecule has 0 bridgehead atoms. The molecule has 3 N–H and O–H groups in total. The maximum Gasteiger partial charge on any atom is 0.319 e. The van der Waals surface area contributed by atoms with Crippen molar-refractivity contribution in [3.63, 3.8) is 0 Å². The average Bonchev–Trinajstić information content (AvgIpc) is 3.07.